The first-order chi connectivity index (χ1) is 36.5. The van der Waals surface area contributed by atoms with Crippen LogP contribution in [0.3, 0.4) is 0 Å². The summed E-state index contributed by atoms with van der Waals surface area (Å²) in [6, 6.07) is -0.915. The van der Waals surface area contributed by atoms with E-state index < -0.39 is 26.6 Å². The van der Waals surface area contributed by atoms with Crippen molar-refractivity contribution in [1.29, 1.82) is 0 Å². The summed E-state index contributed by atoms with van der Waals surface area (Å²) in [5.41, 5.74) is 0. The van der Waals surface area contributed by atoms with Crippen LogP contribution in [0.25, 0.3) is 0 Å². The van der Waals surface area contributed by atoms with Crippen LogP contribution in [0.1, 0.15) is 239 Å². The number of carbonyl (C=O) groups excluding carboxylic acids is 1. The lowest BCUT2D eigenvalue weighted by molar-refractivity contribution is -0.870. The number of aliphatic hydroxyl groups excluding tert-OH is 1. The Morgan fingerprint density at radius 2 is 0.827 bits per heavy atom. The topological polar surface area (TPSA) is 108 Å². The van der Waals surface area contributed by atoms with E-state index in [9.17, 15) is 19.4 Å². The molecule has 0 bridgehead atoms. The largest absolute Gasteiger partial charge is 0.756 e. The summed E-state index contributed by atoms with van der Waals surface area (Å²) in [4.78, 5) is 25.5. The highest BCUT2D eigenvalue weighted by Gasteiger charge is 2.23. The summed E-state index contributed by atoms with van der Waals surface area (Å²) in [5.74, 6) is -0.215. The first kappa shape index (κ1) is 71.9. The molecular weight excluding hydrogens is 948 g/mol. The van der Waals surface area contributed by atoms with E-state index in [1.165, 1.54) is 122 Å². The molecule has 3 atom stereocenters. The van der Waals surface area contributed by atoms with Crippen LogP contribution in [0.4, 0.5) is 0 Å². The van der Waals surface area contributed by atoms with Gasteiger partial charge in [0.05, 0.1) is 39.9 Å². The molecule has 0 radical (unpaired) electrons. The Hall–Kier alpha value is -3.10. The maximum atomic E-state index is 13.0. The van der Waals surface area contributed by atoms with E-state index in [1.54, 1.807) is 6.08 Å². The fourth-order valence-corrected chi connectivity index (χ4v) is 8.89. The minimum absolute atomic E-state index is 0.0129. The average Bonchev–Trinajstić information content (AvgIpc) is 3.37. The van der Waals surface area contributed by atoms with Gasteiger partial charge in [-0.1, -0.05) is 251 Å². The summed E-state index contributed by atoms with van der Waals surface area (Å²) < 4.78 is 23.3. The molecule has 0 aliphatic rings. The summed E-state index contributed by atoms with van der Waals surface area (Å²) in [7, 11) is 1.23. The highest BCUT2D eigenvalue weighted by atomic mass is 31.2. The van der Waals surface area contributed by atoms with Crippen LogP contribution < -0.4 is 10.2 Å². The smallest absolute Gasteiger partial charge is 0.268 e. The number of hydrogen-bond acceptors (Lipinski definition) is 6. The molecule has 0 aliphatic carbocycles. The van der Waals surface area contributed by atoms with Gasteiger partial charge >= 0.3 is 0 Å². The number of nitrogens with one attached hydrogen (secondary N) is 1. The van der Waals surface area contributed by atoms with Crippen LogP contribution >= 0.6 is 7.82 Å². The second-order valence-electron chi connectivity index (χ2n) is 21.3. The number of carbonyl (C=O) groups is 1. The van der Waals surface area contributed by atoms with Crippen molar-refractivity contribution in [2.24, 2.45) is 0 Å². The molecule has 0 spiro atoms. The van der Waals surface area contributed by atoms with Gasteiger partial charge in [0.1, 0.15) is 13.2 Å². The lowest BCUT2D eigenvalue weighted by atomic mass is 10.0. The third-order valence-corrected chi connectivity index (χ3v) is 13.8. The number of aliphatic hydroxyl groups is 1. The Bertz CT molecular complexity index is 1630. The summed E-state index contributed by atoms with van der Waals surface area (Å²) in [6.45, 7) is 4.47. The third-order valence-electron chi connectivity index (χ3n) is 12.9. The van der Waals surface area contributed by atoms with Crippen LogP contribution in [0, 0.1) is 0 Å². The number of phosphoric acid groups is 1. The quantitative estimate of drug-likeness (QED) is 0.0272. The number of likely N-dealkylation sites (N-methyl/N-ethyl adjacent to an activating group) is 1. The monoisotopic (exact) mass is 1060 g/mol. The van der Waals surface area contributed by atoms with Gasteiger partial charge in [-0.05, 0) is 103 Å². The molecule has 3 unspecified atom stereocenters. The summed E-state index contributed by atoms with van der Waals surface area (Å²) in [5, 5.41) is 13.8. The van der Waals surface area contributed by atoms with Crippen molar-refractivity contribution in [2.75, 3.05) is 40.9 Å². The molecular formula is C66H115N2O6P. The van der Waals surface area contributed by atoms with E-state index in [4.69, 9.17) is 9.05 Å². The number of allylic oxidation sites excluding steroid dienone is 19. The summed E-state index contributed by atoms with van der Waals surface area (Å²) >= 11 is 0. The molecule has 0 heterocycles. The molecule has 0 fully saturated rings. The highest BCUT2D eigenvalue weighted by molar-refractivity contribution is 7.45. The van der Waals surface area contributed by atoms with Crippen LogP contribution in [0.5, 0.6) is 0 Å². The molecule has 0 aromatic heterocycles. The molecule has 8 nitrogen and oxygen atoms in total. The van der Waals surface area contributed by atoms with E-state index in [0.29, 0.717) is 17.4 Å². The van der Waals surface area contributed by atoms with Gasteiger partial charge in [0.2, 0.25) is 5.91 Å². The van der Waals surface area contributed by atoms with Gasteiger partial charge in [0.25, 0.3) is 7.82 Å². The van der Waals surface area contributed by atoms with Crippen LogP contribution in [-0.2, 0) is 18.4 Å². The molecule has 0 rings (SSSR count). The average molecular weight is 1060 g/mol. The molecule has 0 aromatic carbocycles. The molecule has 9 heteroatoms. The first-order valence-electron chi connectivity index (χ1n) is 30.4. The number of nitrogens with zero attached hydrogens (tertiary/aromatic N) is 1. The second-order valence-corrected chi connectivity index (χ2v) is 22.7. The molecule has 430 valence electrons. The fourth-order valence-electron chi connectivity index (χ4n) is 8.16. The number of quaternary nitrogens is 1. The molecule has 2 N–H and O–H groups in total. The number of rotatable bonds is 54. The van der Waals surface area contributed by atoms with Crippen molar-refractivity contribution >= 4 is 13.7 Å². The van der Waals surface area contributed by atoms with E-state index >= 15 is 0 Å². The Kier molecular flexibility index (Phi) is 53.3. The second kappa shape index (κ2) is 55.6. The number of phosphoric ester groups is 1. The van der Waals surface area contributed by atoms with E-state index in [0.717, 1.165) is 96.3 Å². The number of unbranched alkanes of at least 4 members (excludes halogenated alkanes) is 23. The standard InChI is InChI=1S/C66H115N2O6P/c1-6-8-10-12-14-16-18-20-22-23-24-25-26-27-28-29-30-31-32-33-34-35-36-37-38-39-40-41-42-43-44-45-46-48-50-52-54-56-58-60-66(70)67-64(63-74-75(71,72)73-62-61-68(3,4)5)65(69)59-57-55-53-51-49-47-21-19-17-15-13-11-9-7-2/h8,10,14,16-17,19-20,22,24-25,27-28,30-31,33-34,49,51,57,59,64-65,69H,6-7,9,11-13,15,18,21,23,26,29,32,35-48,50,52-56,58,60-63H2,1-5H3,(H-,67,70,71,72)/b10-8-,16-14-,19-17+,22-20-,25-24-,28-27-,31-30-,34-33-,51-49+,59-57+. The van der Waals surface area contributed by atoms with Crippen molar-refractivity contribution in [3.63, 3.8) is 0 Å². The number of hydrogen-bond donors (Lipinski definition) is 2. The Morgan fingerprint density at radius 3 is 1.24 bits per heavy atom. The predicted octanol–water partition coefficient (Wildman–Crippen LogP) is 18.3. The Labute approximate surface area is 463 Å². The Morgan fingerprint density at radius 1 is 0.480 bits per heavy atom. The predicted molar refractivity (Wildman–Crippen MR) is 325 cm³/mol. The maximum Gasteiger partial charge on any atom is 0.268 e. The van der Waals surface area contributed by atoms with Gasteiger partial charge in [0.15, 0.2) is 0 Å². The molecule has 0 saturated carbocycles. The van der Waals surface area contributed by atoms with Crippen molar-refractivity contribution in [1.82, 2.24) is 5.32 Å². The lowest BCUT2D eigenvalue weighted by Gasteiger charge is -2.29. The van der Waals surface area contributed by atoms with E-state index in [-0.39, 0.29) is 12.5 Å². The van der Waals surface area contributed by atoms with Crippen molar-refractivity contribution in [3.8, 4) is 0 Å². The van der Waals surface area contributed by atoms with E-state index in [1.807, 2.05) is 27.2 Å². The Balaban J connectivity index is 4.03. The normalized spacial score (nSPS) is 14.7. The lowest BCUT2D eigenvalue weighted by Crippen LogP contribution is -2.45. The van der Waals surface area contributed by atoms with Crippen LogP contribution in [0.15, 0.2) is 122 Å². The van der Waals surface area contributed by atoms with Crippen molar-refractivity contribution < 1.29 is 32.9 Å². The van der Waals surface area contributed by atoms with Gasteiger partial charge in [-0.3, -0.25) is 9.36 Å². The SMILES string of the molecule is CC/C=C\C/C=C\C/C=C\C/C=C\C/C=C\C/C=C\C/C=C\CCCCCCCCCCCCCCCCCCCC(=O)NC(COP(=O)([O-])OCC[N+](C)(C)C)C(O)/C=C/CC/C=C/CC/C=C/CCCCCC. The highest BCUT2D eigenvalue weighted by Crippen LogP contribution is 2.38. The molecule has 0 aliphatic heterocycles. The zero-order chi connectivity index (χ0) is 54.9. The van der Waals surface area contributed by atoms with Crippen LogP contribution in [0.2, 0.25) is 0 Å². The molecule has 1 amide bonds. The van der Waals surface area contributed by atoms with Gasteiger partial charge in [-0.25, -0.2) is 0 Å². The van der Waals surface area contributed by atoms with Gasteiger partial charge in [0, 0.05) is 6.42 Å². The first-order valence-corrected chi connectivity index (χ1v) is 31.9. The van der Waals surface area contributed by atoms with Gasteiger partial charge < -0.3 is 28.8 Å². The number of amides is 1. The summed E-state index contributed by atoms with van der Waals surface area (Å²) in [6.07, 6.45) is 83.0. The zero-order valence-electron chi connectivity index (χ0n) is 49.0. The fraction of sp³-hybridized carbons (Fsp3) is 0.682. The minimum atomic E-state index is -4.61. The molecule has 0 saturated heterocycles. The van der Waals surface area contributed by atoms with Crippen molar-refractivity contribution in [3.05, 3.63) is 122 Å². The zero-order valence-corrected chi connectivity index (χ0v) is 49.8. The van der Waals surface area contributed by atoms with Crippen molar-refractivity contribution in [2.45, 2.75) is 251 Å². The minimum Gasteiger partial charge on any atom is -0.756 e. The van der Waals surface area contributed by atoms with E-state index in [2.05, 4.69) is 129 Å². The molecule has 75 heavy (non-hydrogen) atoms. The maximum absolute atomic E-state index is 13.0. The molecule has 0 aromatic rings. The van der Waals surface area contributed by atoms with Gasteiger partial charge in [-0.15, -0.1) is 0 Å². The third kappa shape index (κ3) is 58.4. The van der Waals surface area contributed by atoms with Gasteiger partial charge in [-0.2, -0.15) is 0 Å². The van der Waals surface area contributed by atoms with Crippen LogP contribution in [-0.4, -0.2) is 68.5 Å².